The lowest BCUT2D eigenvalue weighted by Crippen LogP contribution is -2.52. The van der Waals surface area contributed by atoms with Crippen LogP contribution in [0.2, 0.25) is 0 Å². The molecule has 0 spiro atoms. The number of rotatable bonds is 5. The second-order valence-electron chi connectivity index (χ2n) is 5.79. The lowest BCUT2D eigenvalue weighted by atomic mass is 10.1. The monoisotopic (exact) mass is 316 g/mol. The minimum absolute atomic E-state index is 0.0570. The van der Waals surface area contributed by atoms with E-state index >= 15 is 0 Å². The minimum atomic E-state index is -0.894. The van der Waals surface area contributed by atoms with Crippen LogP contribution in [0.5, 0.6) is 0 Å². The summed E-state index contributed by atoms with van der Waals surface area (Å²) in [5.74, 6) is -0.894. The standard InChI is InChI=1S/C14H24N2O4S/c1-21-14(4-2-3-5-14)10-15-13(19)16-6-7-20-11(9-16)8-12(17)18/h11H,2-10H2,1H3,(H,15,19)(H,17,18). The SMILES string of the molecule is CSC1(CNC(=O)N2CCOC(CC(=O)O)C2)CCCC1. The van der Waals surface area contributed by atoms with Crippen LogP contribution in [-0.4, -0.2) is 65.4 Å². The van der Waals surface area contributed by atoms with Crippen LogP contribution in [0.15, 0.2) is 0 Å². The van der Waals surface area contributed by atoms with E-state index in [1.54, 1.807) is 4.90 Å². The molecule has 7 heteroatoms. The van der Waals surface area contributed by atoms with Gasteiger partial charge >= 0.3 is 12.0 Å². The van der Waals surface area contributed by atoms with E-state index in [0.717, 1.165) is 12.8 Å². The van der Waals surface area contributed by atoms with E-state index in [-0.39, 0.29) is 17.2 Å². The number of nitrogens with one attached hydrogen (secondary N) is 1. The van der Waals surface area contributed by atoms with Crippen LogP contribution in [0.1, 0.15) is 32.1 Å². The van der Waals surface area contributed by atoms with Gasteiger partial charge in [-0.1, -0.05) is 12.8 Å². The molecule has 1 atom stereocenters. The summed E-state index contributed by atoms with van der Waals surface area (Å²) >= 11 is 1.84. The predicted octanol–water partition coefficient (Wildman–Crippen LogP) is 1.55. The molecule has 6 nitrogen and oxygen atoms in total. The maximum Gasteiger partial charge on any atom is 0.317 e. The summed E-state index contributed by atoms with van der Waals surface area (Å²) in [6.07, 6.45) is 6.42. The summed E-state index contributed by atoms with van der Waals surface area (Å²) in [6.45, 7) is 1.96. The molecule has 2 N–H and O–H groups in total. The van der Waals surface area contributed by atoms with E-state index in [4.69, 9.17) is 9.84 Å². The summed E-state index contributed by atoms with van der Waals surface area (Å²) in [7, 11) is 0. The quantitative estimate of drug-likeness (QED) is 0.804. The fourth-order valence-corrected chi connectivity index (χ4v) is 3.96. The van der Waals surface area contributed by atoms with E-state index in [0.29, 0.717) is 26.2 Å². The largest absolute Gasteiger partial charge is 0.481 e. The third-order valence-electron chi connectivity index (χ3n) is 4.34. The molecule has 2 rings (SSSR count). The molecule has 0 aromatic heterocycles. The highest BCUT2D eigenvalue weighted by molar-refractivity contribution is 8.00. The van der Waals surface area contributed by atoms with Crippen LogP contribution >= 0.6 is 11.8 Å². The number of thioether (sulfide) groups is 1. The Balaban J connectivity index is 1.81. The van der Waals surface area contributed by atoms with Crippen molar-refractivity contribution in [2.75, 3.05) is 32.5 Å². The van der Waals surface area contributed by atoms with Gasteiger partial charge in [-0.2, -0.15) is 11.8 Å². The van der Waals surface area contributed by atoms with E-state index in [1.165, 1.54) is 12.8 Å². The van der Waals surface area contributed by atoms with Crippen molar-refractivity contribution in [2.24, 2.45) is 0 Å². The second-order valence-corrected chi connectivity index (χ2v) is 7.06. The molecule has 120 valence electrons. The van der Waals surface area contributed by atoms with Crippen molar-refractivity contribution in [1.82, 2.24) is 10.2 Å². The van der Waals surface area contributed by atoms with E-state index in [2.05, 4.69) is 11.6 Å². The number of morpholine rings is 1. The van der Waals surface area contributed by atoms with E-state index in [9.17, 15) is 9.59 Å². The lowest BCUT2D eigenvalue weighted by molar-refractivity contribution is -0.141. The number of hydrogen-bond acceptors (Lipinski definition) is 4. The van der Waals surface area contributed by atoms with Crippen LogP contribution in [0.4, 0.5) is 4.79 Å². The van der Waals surface area contributed by atoms with E-state index in [1.807, 2.05) is 11.8 Å². The Morgan fingerprint density at radius 3 is 2.76 bits per heavy atom. The number of hydrogen-bond donors (Lipinski definition) is 2. The molecule has 0 aromatic carbocycles. The van der Waals surface area contributed by atoms with Crippen LogP contribution in [0.3, 0.4) is 0 Å². The van der Waals surface area contributed by atoms with Crippen molar-refractivity contribution < 1.29 is 19.4 Å². The van der Waals surface area contributed by atoms with Gasteiger partial charge in [-0.05, 0) is 19.1 Å². The number of carbonyl (C=O) groups is 2. The first-order valence-corrected chi connectivity index (χ1v) is 8.68. The number of carboxylic acids is 1. The summed E-state index contributed by atoms with van der Waals surface area (Å²) in [5, 5.41) is 11.8. The van der Waals surface area contributed by atoms with Crippen LogP contribution in [0, 0.1) is 0 Å². The first-order chi connectivity index (χ1) is 10.0. The number of carbonyl (C=O) groups excluding carboxylic acids is 1. The van der Waals surface area contributed by atoms with Crippen molar-refractivity contribution in [1.29, 1.82) is 0 Å². The number of carboxylic acid groups (broad SMARTS) is 1. The van der Waals surface area contributed by atoms with Gasteiger partial charge in [0, 0.05) is 24.4 Å². The Labute approximate surface area is 129 Å². The molecule has 21 heavy (non-hydrogen) atoms. The summed E-state index contributed by atoms with van der Waals surface area (Å²) in [4.78, 5) is 24.6. The number of amides is 2. The van der Waals surface area contributed by atoms with Gasteiger partial charge in [0.25, 0.3) is 0 Å². The average Bonchev–Trinajstić information content (AvgIpc) is 2.94. The molecule has 2 fully saturated rings. The van der Waals surface area contributed by atoms with Gasteiger partial charge in [-0.3, -0.25) is 4.79 Å². The molecule has 2 amide bonds. The number of aliphatic carboxylic acids is 1. The molecule has 1 heterocycles. The van der Waals surface area contributed by atoms with Crippen molar-refractivity contribution in [3.63, 3.8) is 0 Å². The van der Waals surface area contributed by atoms with Gasteiger partial charge in [0.15, 0.2) is 0 Å². The predicted molar refractivity (Wildman–Crippen MR) is 81.7 cm³/mol. The molecule has 1 unspecified atom stereocenters. The Bertz CT molecular complexity index is 385. The Morgan fingerprint density at radius 1 is 1.43 bits per heavy atom. The molecule has 0 radical (unpaired) electrons. The summed E-state index contributed by atoms with van der Waals surface area (Å²) < 4.78 is 5.56. The van der Waals surface area contributed by atoms with Crippen molar-refractivity contribution in [2.45, 2.75) is 43.0 Å². The normalized spacial score (nSPS) is 24.8. The third kappa shape index (κ3) is 4.51. The molecule has 2 aliphatic rings. The topological polar surface area (TPSA) is 78.9 Å². The number of nitrogens with zero attached hydrogens (tertiary/aromatic N) is 1. The number of ether oxygens (including phenoxy) is 1. The van der Waals surface area contributed by atoms with Gasteiger partial charge in [-0.25, -0.2) is 4.79 Å². The highest BCUT2D eigenvalue weighted by atomic mass is 32.2. The zero-order valence-corrected chi connectivity index (χ0v) is 13.3. The Hall–Kier alpha value is -0.950. The Kier molecular flexibility index (Phi) is 5.75. The second kappa shape index (κ2) is 7.35. The summed E-state index contributed by atoms with van der Waals surface area (Å²) in [5.41, 5.74) is 0. The third-order valence-corrected chi connectivity index (χ3v) is 5.76. The fraction of sp³-hybridized carbons (Fsp3) is 0.857. The molecule has 1 aliphatic heterocycles. The van der Waals surface area contributed by atoms with Gasteiger partial charge in [0.1, 0.15) is 0 Å². The van der Waals surface area contributed by atoms with Crippen molar-refractivity contribution in [3.05, 3.63) is 0 Å². The smallest absolute Gasteiger partial charge is 0.317 e. The highest BCUT2D eigenvalue weighted by Crippen LogP contribution is 2.39. The average molecular weight is 316 g/mol. The maximum atomic E-state index is 12.2. The van der Waals surface area contributed by atoms with Crippen LogP contribution in [0.25, 0.3) is 0 Å². The van der Waals surface area contributed by atoms with Crippen molar-refractivity contribution in [3.8, 4) is 0 Å². The lowest BCUT2D eigenvalue weighted by Gasteiger charge is -2.34. The number of urea groups is 1. The molecule has 0 aromatic rings. The van der Waals surface area contributed by atoms with Crippen LogP contribution < -0.4 is 5.32 Å². The minimum Gasteiger partial charge on any atom is -0.481 e. The van der Waals surface area contributed by atoms with Gasteiger partial charge in [0.05, 0.1) is 19.1 Å². The Morgan fingerprint density at radius 2 is 2.14 bits per heavy atom. The first kappa shape index (κ1) is 16.4. The molecular weight excluding hydrogens is 292 g/mol. The van der Waals surface area contributed by atoms with Gasteiger partial charge in [-0.15, -0.1) is 0 Å². The molecule has 0 bridgehead atoms. The zero-order valence-electron chi connectivity index (χ0n) is 12.5. The van der Waals surface area contributed by atoms with Crippen molar-refractivity contribution >= 4 is 23.8 Å². The first-order valence-electron chi connectivity index (χ1n) is 7.46. The highest BCUT2D eigenvalue weighted by Gasteiger charge is 2.34. The zero-order chi connectivity index (χ0) is 15.3. The fourth-order valence-electron chi connectivity index (χ4n) is 3.04. The van der Waals surface area contributed by atoms with E-state index < -0.39 is 12.1 Å². The molecule has 1 aliphatic carbocycles. The maximum absolute atomic E-state index is 12.2. The van der Waals surface area contributed by atoms with Gasteiger partial charge in [0.2, 0.25) is 0 Å². The van der Waals surface area contributed by atoms with Gasteiger partial charge < -0.3 is 20.1 Å². The van der Waals surface area contributed by atoms with Crippen LogP contribution in [-0.2, 0) is 9.53 Å². The molecule has 1 saturated heterocycles. The summed E-state index contributed by atoms with van der Waals surface area (Å²) in [6, 6.07) is -0.103. The molecular formula is C14H24N2O4S. The molecule has 1 saturated carbocycles.